The lowest BCUT2D eigenvalue weighted by molar-refractivity contribution is 0.438. The molecule has 0 fully saturated rings. The molecule has 100 valence electrons. The molecule has 0 saturated heterocycles. The molecule has 0 radical (unpaired) electrons. The number of nitrogen functional groups attached to an aromatic ring is 1. The quantitative estimate of drug-likeness (QED) is 0.895. The van der Waals surface area contributed by atoms with Crippen molar-refractivity contribution >= 4 is 5.69 Å². The van der Waals surface area contributed by atoms with Crippen LogP contribution in [-0.2, 0) is 5.41 Å². The molecule has 4 heteroatoms. The van der Waals surface area contributed by atoms with E-state index in [2.05, 4.69) is 42.9 Å². The second-order valence-electron chi connectivity index (χ2n) is 5.63. The lowest BCUT2D eigenvalue weighted by atomic mass is 9.86. The fourth-order valence-corrected chi connectivity index (χ4v) is 1.71. The Kier molecular flexibility index (Phi) is 3.42. The van der Waals surface area contributed by atoms with Gasteiger partial charge in [0, 0.05) is 0 Å². The largest absolute Gasteiger partial charge is 0.424 e. The van der Waals surface area contributed by atoms with Gasteiger partial charge in [-0.3, -0.25) is 0 Å². The normalized spacial score (nSPS) is 11.4. The SMILES string of the molecule is Cc1cc(C(C)(C)C)ccc1Oc1ncc(N)cn1. The van der Waals surface area contributed by atoms with E-state index >= 15 is 0 Å². The average molecular weight is 257 g/mol. The van der Waals surface area contributed by atoms with Crippen LogP contribution in [0.25, 0.3) is 0 Å². The van der Waals surface area contributed by atoms with Gasteiger partial charge < -0.3 is 10.5 Å². The summed E-state index contributed by atoms with van der Waals surface area (Å²) in [7, 11) is 0. The van der Waals surface area contributed by atoms with Gasteiger partial charge in [0.25, 0.3) is 0 Å². The second-order valence-corrected chi connectivity index (χ2v) is 5.63. The van der Waals surface area contributed by atoms with Gasteiger partial charge in [-0.1, -0.05) is 32.9 Å². The van der Waals surface area contributed by atoms with E-state index in [0.29, 0.717) is 11.7 Å². The summed E-state index contributed by atoms with van der Waals surface area (Å²) in [5.74, 6) is 0.762. The third kappa shape index (κ3) is 3.22. The third-order valence-electron chi connectivity index (χ3n) is 2.89. The van der Waals surface area contributed by atoms with Crippen LogP contribution < -0.4 is 10.5 Å². The van der Waals surface area contributed by atoms with E-state index in [1.54, 1.807) is 0 Å². The minimum atomic E-state index is 0.126. The van der Waals surface area contributed by atoms with Crippen LogP contribution in [-0.4, -0.2) is 9.97 Å². The predicted octanol–water partition coefficient (Wildman–Crippen LogP) is 3.46. The average Bonchev–Trinajstić information content (AvgIpc) is 2.33. The maximum Gasteiger partial charge on any atom is 0.322 e. The molecule has 0 atom stereocenters. The first-order valence-electron chi connectivity index (χ1n) is 6.23. The molecule has 0 spiro atoms. The van der Waals surface area contributed by atoms with Gasteiger partial charge in [-0.05, 0) is 29.5 Å². The number of ether oxygens (including phenoxy) is 1. The van der Waals surface area contributed by atoms with Crippen molar-refractivity contribution in [2.45, 2.75) is 33.1 Å². The zero-order valence-electron chi connectivity index (χ0n) is 11.8. The highest BCUT2D eigenvalue weighted by Gasteiger charge is 2.15. The van der Waals surface area contributed by atoms with Crippen molar-refractivity contribution in [1.82, 2.24) is 9.97 Å². The Morgan fingerprint density at radius 2 is 1.74 bits per heavy atom. The topological polar surface area (TPSA) is 61.0 Å². The Labute approximate surface area is 113 Å². The van der Waals surface area contributed by atoms with Crippen molar-refractivity contribution < 1.29 is 4.74 Å². The number of benzene rings is 1. The van der Waals surface area contributed by atoms with Crippen LogP contribution in [0.3, 0.4) is 0 Å². The molecule has 0 aliphatic rings. The first-order valence-corrected chi connectivity index (χ1v) is 6.23. The molecule has 2 aromatic rings. The van der Waals surface area contributed by atoms with Crippen LogP contribution in [0.2, 0.25) is 0 Å². The van der Waals surface area contributed by atoms with Crippen LogP contribution in [0.4, 0.5) is 5.69 Å². The molecule has 0 saturated carbocycles. The third-order valence-corrected chi connectivity index (χ3v) is 2.89. The van der Waals surface area contributed by atoms with E-state index in [1.807, 2.05) is 13.0 Å². The van der Waals surface area contributed by atoms with Crippen molar-refractivity contribution in [1.29, 1.82) is 0 Å². The summed E-state index contributed by atoms with van der Waals surface area (Å²) in [5.41, 5.74) is 8.52. The van der Waals surface area contributed by atoms with E-state index in [9.17, 15) is 0 Å². The molecule has 0 aliphatic carbocycles. The second kappa shape index (κ2) is 4.88. The Balaban J connectivity index is 2.24. The van der Waals surface area contributed by atoms with Gasteiger partial charge in [0.2, 0.25) is 0 Å². The summed E-state index contributed by atoms with van der Waals surface area (Å²) in [6.45, 7) is 8.57. The lowest BCUT2D eigenvalue weighted by Gasteiger charge is -2.20. The fourth-order valence-electron chi connectivity index (χ4n) is 1.71. The van der Waals surface area contributed by atoms with Crippen LogP contribution in [0.1, 0.15) is 31.9 Å². The first-order chi connectivity index (χ1) is 8.86. The monoisotopic (exact) mass is 257 g/mol. The minimum Gasteiger partial charge on any atom is -0.424 e. The summed E-state index contributed by atoms with van der Waals surface area (Å²) in [4.78, 5) is 8.06. The number of aryl methyl sites for hydroxylation is 1. The number of nitrogens with two attached hydrogens (primary N) is 1. The van der Waals surface area contributed by atoms with Crippen LogP contribution in [0.15, 0.2) is 30.6 Å². The molecule has 1 heterocycles. The first kappa shape index (κ1) is 13.3. The van der Waals surface area contributed by atoms with Crippen molar-refractivity contribution in [3.8, 4) is 11.8 Å². The van der Waals surface area contributed by atoms with E-state index in [0.717, 1.165) is 11.3 Å². The standard InChI is InChI=1S/C15H19N3O/c1-10-7-11(15(2,3)4)5-6-13(10)19-14-17-8-12(16)9-18-14/h5-9H,16H2,1-4H3. The van der Waals surface area contributed by atoms with Crippen molar-refractivity contribution in [3.05, 3.63) is 41.7 Å². The summed E-state index contributed by atoms with van der Waals surface area (Å²) in [6, 6.07) is 6.46. The number of hydrogen-bond acceptors (Lipinski definition) is 4. The molecule has 1 aromatic heterocycles. The Morgan fingerprint density at radius 1 is 1.11 bits per heavy atom. The molecule has 0 bridgehead atoms. The number of rotatable bonds is 2. The molecule has 2 N–H and O–H groups in total. The Morgan fingerprint density at radius 3 is 2.26 bits per heavy atom. The fraction of sp³-hybridized carbons (Fsp3) is 0.333. The molecule has 0 unspecified atom stereocenters. The molecule has 0 amide bonds. The highest BCUT2D eigenvalue weighted by molar-refractivity contribution is 5.40. The summed E-state index contributed by atoms with van der Waals surface area (Å²) in [6.07, 6.45) is 3.06. The van der Waals surface area contributed by atoms with Crippen LogP contribution in [0.5, 0.6) is 11.8 Å². The van der Waals surface area contributed by atoms with Gasteiger partial charge in [-0.2, -0.15) is 0 Å². The highest BCUT2D eigenvalue weighted by atomic mass is 16.5. The highest BCUT2D eigenvalue weighted by Crippen LogP contribution is 2.29. The van der Waals surface area contributed by atoms with Gasteiger partial charge in [0.15, 0.2) is 0 Å². The molecule has 0 aliphatic heterocycles. The van der Waals surface area contributed by atoms with Crippen LogP contribution in [0, 0.1) is 6.92 Å². The van der Waals surface area contributed by atoms with Crippen molar-refractivity contribution in [2.75, 3.05) is 5.73 Å². The Bertz CT molecular complexity index is 571. The number of nitrogens with zero attached hydrogens (tertiary/aromatic N) is 2. The zero-order valence-corrected chi connectivity index (χ0v) is 11.8. The maximum absolute atomic E-state index is 5.65. The molecule has 2 rings (SSSR count). The summed E-state index contributed by atoms with van der Waals surface area (Å²) < 4.78 is 5.65. The molecular weight excluding hydrogens is 238 g/mol. The summed E-state index contributed by atoms with van der Waals surface area (Å²) >= 11 is 0. The van der Waals surface area contributed by atoms with E-state index < -0.39 is 0 Å². The number of hydrogen-bond donors (Lipinski definition) is 1. The lowest BCUT2D eigenvalue weighted by Crippen LogP contribution is -2.11. The van der Waals surface area contributed by atoms with Crippen LogP contribution >= 0.6 is 0 Å². The molecule has 4 nitrogen and oxygen atoms in total. The predicted molar refractivity (Wildman–Crippen MR) is 76.4 cm³/mol. The summed E-state index contributed by atoms with van der Waals surface area (Å²) in [5, 5.41) is 0. The van der Waals surface area contributed by atoms with Crippen molar-refractivity contribution in [2.24, 2.45) is 0 Å². The maximum atomic E-state index is 5.65. The van der Waals surface area contributed by atoms with Gasteiger partial charge >= 0.3 is 6.01 Å². The Hall–Kier alpha value is -2.10. The van der Waals surface area contributed by atoms with E-state index in [-0.39, 0.29) is 5.41 Å². The number of aromatic nitrogens is 2. The van der Waals surface area contributed by atoms with E-state index in [4.69, 9.17) is 10.5 Å². The van der Waals surface area contributed by atoms with Gasteiger partial charge in [0.05, 0.1) is 18.1 Å². The number of anilines is 1. The van der Waals surface area contributed by atoms with Gasteiger partial charge in [-0.15, -0.1) is 0 Å². The van der Waals surface area contributed by atoms with Crippen molar-refractivity contribution in [3.63, 3.8) is 0 Å². The smallest absolute Gasteiger partial charge is 0.322 e. The molecule has 19 heavy (non-hydrogen) atoms. The molecular formula is C15H19N3O. The molecule has 1 aromatic carbocycles. The minimum absolute atomic E-state index is 0.126. The van der Waals surface area contributed by atoms with E-state index in [1.165, 1.54) is 18.0 Å². The zero-order chi connectivity index (χ0) is 14.0. The van der Waals surface area contributed by atoms with Gasteiger partial charge in [0.1, 0.15) is 5.75 Å². The van der Waals surface area contributed by atoms with Gasteiger partial charge in [-0.25, -0.2) is 9.97 Å².